The summed E-state index contributed by atoms with van der Waals surface area (Å²) < 4.78 is 33.5. The van der Waals surface area contributed by atoms with Crippen LogP contribution in [0.1, 0.15) is 24.5 Å². The van der Waals surface area contributed by atoms with Crippen LogP contribution < -0.4 is 5.32 Å². The summed E-state index contributed by atoms with van der Waals surface area (Å²) in [6.45, 7) is 0. The summed E-state index contributed by atoms with van der Waals surface area (Å²) in [6.07, 6.45) is 2.30. The lowest BCUT2D eigenvalue weighted by atomic mass is 10.1. The van der Waals surface area contributed by atoms with Gasteiger partial charge in [-0.05, 0) is 37.1 Å². The molecule has 0 saturated heterocycles. The summed E-state index contributed by atoms with van der Waals surface area (Å²) in [5, 5.41) is 8.01. The van der Waals surface area contributed by atoms with Gasteiger partial charge >= 0.3 is 0 Å². The largest absolute Gasteiger partial charge is 0.340 e. The van der Waals surface area contributed by atoms with Gasteiger partial charge in [-0.1, -0.05) is 30.3 Å². The van der Waals surface area contributed by atoms with Crippen molar-refractivity contribution >= 4 is 27.3 Å². The highest BCUT2D eigenvalue weighted by Gasteiger charge is 2.27. The first-order valence-corrected chi connectivity index (χ1v) is 10.7. The minimum Gasteiger partial charge on any atom is -0.340 e. The van der Waals surface area contributed by atoms with E-state index in [0.717, 1.165) is 41.3 Å². The van der Waals surface area contributed by atoms with Crippen LogP contribution in [-0.4, -0.2) is 27.6 Å². The third-order valence-electron chi connectivity index (χ3n) is 4.94. The molecule has 2 aromatic carbocycles. The molecular formula is C21H18N4O3S. The molecular weight excluding hydrogens is 388 g/mol. The molecule has 2 aromatic heterocycles. The van der Waals surface area contributed by atoms with Gasteiger partial charge < -0.3 is 5.32 Å². The van der Waals surface area contributed by atoms with E-state index in [-0.39, 0.29) is 4.90 Å². The fourth-order valence-electron chi connectivity index (χ4n) is 3.27. The molecule has 1 fully saturated rings. The van der Waals surface area contributed by atoms with E-state index in [0.29, 0.717) is 11.6 Å². The second kappa shape index (κ2) is 6.68. The molecule has 0 atom stereocenters. The Morgan fingerprint density at radius 3 is 2.38 bits per heavy atom. The number of rotatable bonds is 5. The molecule has 146 valence electrons. The van der Waals surface area contributed by atoms with Crippen molar-refractivity contribution in [1.82, 2.24) is 14.6 Å². The number of fused-ring (bicyclic) bond motifs is 1. The molecule has 0 bridgehead atoms. The summed E-state index contributed by atoms with van der Waals surface area (Å²) in [4.78, 5) is 4.62. The van der Waals surface area contributed by atoms with E-state index in [1.165, 1.54) is 12.1 Å². The quantitative estimate of drug-likeness (QED) is 0.481. The highest BCUT2D eigenvalue weighted by Crippen LogP contribution is 2.40. The molecule has 0 radical (unpaired) electrons. The maximum absolute atomic E-state index is 11.3. The molecule has 0 aliphatic heterocycles. The summed E-state index contributed by atoms with van der Waals surface area (Å²) in [7, 11) is -4.22. The van der Waals surface area contributed by atoms with Gasteiger partial charge in [-0.25, -0.2) is 4.98 Å². The van der Waals surface area contributed by atoms with Gasteiger partial charge in [-0.2, -0.15) is 18.0 Å². The van der Waals surface area contributed by atoms with Gasteiger partial charge in [0.2, 0.25) is 0 Å². The van der Waals surface area contributed by atoms with Crippen molar-refractivity contribution in [2.75, 3.05) is 5.32 Å². The topological polar surface area (TPSA) is 96.6 Å². The molecule has 8 heteroatoms. The van der Waals surface area contributed by atoms with Gasteiger partial charge in [0.25, 0.3) is 10.1 Å². The molecule has 2 heterocycles. The van der Waals surface area contributed by atoms with E-state index >= 15 is 0 Å². The number of benzene rings is 2. The van der Waals surface area contributed by atoms with Crippen molar-refractivity contribution < 1.29 is 13.0 Å². The Kier molecular flexibility index (Phi) is 4.11. The lowest BCUT2D eigenvalue weighted by Gasteiger charge is -2.11. The fraction of sp³-hybridized carbons (Fsp3) is 0.143. The minimum absolute atomic E-state index is 0.150. The molecule has 0 amide bonds. The smallest absolute Gasteiger partial charge is 0.294 e. The van der Waals surface area contributed by atoms with Crippen molar-refractivity contribution in [3.8, 4) is 11.3 Å². The van der Waals surface area contributed by atoms with Gasteiger partial charge in [0.05, 0.1) is 16.3 Å². The van der Waals surface area contributed by atoms with Gasteiger partial charge in [-0.3, -0.25) is 4.55 Å². The Morgan fingerprint density at radius 2 is 1.72 bits per heavy atom. The number of anilines is 2. The molecule has 2 N–H and O–H groups in total. The molecule has 4 aromatic rings. The fourth-order valence-corrected chi connectivity index (χ4v) is 3.75. The Balaban J connectivity index is 1.59. The zero-order valence-corrected chi connectivity index (χ0v) is 16.2. The minimum atomic E-state index is -4.22. The number of nitrogens with one attached hydrogen (secondary N) is 1. The van der Waals surface area contributed by atoms with Crippen LogP contribution in [-0.2, 0) is 10.1 Å². The average molecular weight is 406 g/mol. The predicted molar refractivity (Wildman–Crippen MR) is 110 cm³/mol. The van der Waals surface area contributed by atoms with Gasteiger partial charge in [0.1, 0.15) is 5.82 Å². The molecule has 5 rings (SSSR count). The second-order valence-electron chi connectivity index (χ2n) is 7.13. The lowest BCUT2D eigenvalue weighted by molar-refractivity contribution is 0.483. The van der Waals surface area contributed by atoms with Crippen molar-refractivity contribution in [2.45, 2.75) is 23.7 Å². The van der Waals surface area contributed by atoms with Crippen molar-refractivity contribution in [1.29, 1.82) is 0 Å². The number of aromatic nitrogens is 3. The summed E-state index contributed by atoms with van der Waals surface area (Å²) in [5.41, 5.74) is 4.27. The van der Waals surface area contributed by atoms with E-state index < -0.39 is 10.1 Å². The Hall–Kier alpha value is -3.23. The third kappa shape index (κ3) is 3.59. The molecule has 7 nitrogen and oxygen atoms in total. The van der Waals surface area contributed by atoms with Crippen LogP contribution >= 0.6 is 0 Å². The molecule has 1 saturated carbocycles. The zero-order valence-electron chi connectivity index (χ0n) is 15.4. The van der Waals surface area contributed by atoms with E-state index in [2.05, 4.69) is 5.32 Å². The number of hydrogen-bond acceptors (Lipinski definition) is 5. The number of nitrogens with zero attached hydrogens (tertiary/aromatic N) is 3. The van der Waals surface area contributed by atoms with E-state index in [1.807, 2.05) is 42.5 Å². The van der Waals surface area contributed by atoms with E-state index in [1.54, 1.807) is 16.6 Å². The van der Waals surface area contributed by atoms with Crippen LogP contribution in [0.15, 0.2) is 71.6 Å². The first kappa shape index (κ1) is 17.8. The molecule has 0 spiro atoms. The van der Waals surface area contributed by atoms with Crippen LogP contribution in [0.5, 0.6) is 0 Å². The maximum atomic E-state index is 11.3. The van der Waals surface area contributed by atoms with E-state index in [9.17, 15) is 8.42 Å². The zero-order chi connectivity index (χ0) is 20.0. The van der Waals surface area contributed by atoms with Crippen LogP contribution in [0, 0.1) is 0 Å². The summed E-state index contributed by atoms with van der Waals surface area (Å²) in [5.74, 6) is 1.22. The standard InChI is InChI=1S/C21H18N4O3S/c26-29(27,28)17-10-8-16(9-11-17)22-20-12-18(14-4-2-1-3-5-14)23-21-13-19(15-6-7-15)24-25(20)21/h1-5,8-13,15,22H,6-7H2,(H,26,27,28). The monoisotopic (exact) mass is 406 g/mol. The molecule has 1 aliphatic rings. The SMILES string of the molecule is O=S(=O)(O)c1ccc(Nc2cc(-c3ccccc3)nc3cc(C4CC4)nn23)cc1. The van der Waals surface area contributed by atoms with Crippen LogP contribution in [0.3, 0.4) is 0 Å². The Morgan fingerprint density at radius 1 is 1.00 bits per heavy atom. The third-order valence-corrected chi connectivity index (χ3v) is 5.80. The predicted octanol–water partition coefficient (Wildman–Crippen LogP) is 4.26. The molecule has 0 unspecified atom stereocenters. The van der Waals surface area contributed by atoms with E-state index in [4.69, 9.17) is 14.6 Å². The maximum Gasteiger partial charge on any atom is 0.294 e. The van der Waals surface area contributed by atoms with Gasteiger partial charge in [0.15, 0.2) is 5.65 Å². The van der Waals surface area contributed by atoms with Crippen molar-refractivity contribution in [3.63, 3.8) is 0 Å². The molecule has 29 heavy (non-hydrogen) atoms. The van der Waals surface area contributed by atoms with Crippen LogP contribution in [0.4, 0.5) is 11.5 Å². The highest BCUT2D eigenvalue weighted by atomic mass is 32.2. The van der Waals surface area contributed by atoms with Crippen LogP contribution in [0.25, 0.3) is 16.9 Å². The van der Waals surface area contributed by atoms with Gasteiger partial charge in [-0.15, -0.1) is 0 Å². The van der Waals surface area contributed by atoms with Crippen molar-refractivity contribution in [2.24, 2.45) is 0 Å². The van der Waals surface area contributed by atoms with Crippen LogP contribution in [0.2, 0.25) is 0 Å². The van der Waals surface area contributed by atoms with Crippen molar-refractivity contribution in [3.05, 3.63) is 72.4 Å². The van der Waals surface area contributed by atoms with Gasteiger partial charge in [0, 0.05) is 29.3 Å². The summed E-state index contributed by atoms with van der Waals surface area (Å²) in [6, 6.07) is 19.7. The Bertz CT molecular complexity index is 1300. The first-order chi connectivity index (χ1) is 14.0. The summed E-state index contributed by atoms with van der Waals surface area (Å²) >= 11 is 0. The normalized spacial score (nSPS) is 14.2. The second-order valence-corrected chi connectivity index (χ2v) is 8.55. The number of hydrogen-bond donors (Lipinski definition) is 2. The molecule has 1 aliphatic carbocycles. The average Bonchev–Trinajstić information content (AvgIpc) is 3.47. The first-order valence-electron chi connectivity index (χ1n) is 9.28. The lowest BCUT2D eigenvalue weighted by Crippen LogP contribution is -2.03. The highest BCUT2D eigenvalue weighted by molar-refractivity contribution is 7.85. The Labute approximate surface area is 167 Å².